The number of nitrogens with zero attached hydrogens (tertiary/aromatic N) is 3. The third kappa shape index (κ3) is 3.48. The second-order valence-electron chi connectivity index (χ2n) is 4.23. The molecule has 0 atom stereocenters. The number of rotatable bonds is 5. The highest BCUT2D eigenvalue weighted by molar-refractivity contribution is 5.80. The van der Waals surface area contributed by atoms with Gasteiger partial charge in [-0.05, 0) is 36.8 Å². The zero-order chi connectivity index (χ0) is 15.2. The lowest BCUT2D eigenvalue weighted by Crippen LogP contribution is -1.91. The van der Waals surface area contributed by atoms with Gasteiger partial charge >= 0.3 is 0 Å². The van der Waals surface area contributed by atoms with Crippen molar-refractivity contribution in [1.82, 2.24) is 4.98 Å². The molecule has 0 aliphatic heterocycles. The number of hydrazone groups is 1. The minimum atomic E-state index is 0.139. The van der Waals surface area contributed by atoms with E-state index in [1.807, 2.05) is 30.3 Å². The first-order valence-electron chi connectivity index (χ1n) is 6.14. The lowest BCUT2D eigenvalue weighted by molar-refractivity contribution is 0.415. The van der Waals surface area contributed by atoms with E-state index >= 15 is 0 Å². The van der Waals surface area contributed by atoms with Gasteiger partial charge in [0, 0.05) is 5.57 Å². The van der Waals surface area contributed by atoms with Crippen LogP contribution in [0.3, 0.4) is 0 Å². The van der Waals surface area contributed by atoms with Crippen molar-refractivity contribution in [3.05, 3.63) is 48.0 Å². The highest BCUT2D eigenvalue weighted by Crippen LogP contribution is 2.20. The van der Waals surface area contributed by atoms with Crippen molar-refractivity contribution in [2.24, 2.45) is 5.10 Å². The maximum Gasteiger partial charge on any atom is 0.252 e. The van der Waals surface area contributed by atoms with Crippen LogP contribution in [-0.2, 0) is 0 Å². The van der Waals surface area contributed by atoms with Gasteiger partial charge in [0.2, 0.25) is 11.6 Å². The second kappa shape index (κ2) is 6.39. The quantitative estimate of drug-likeness (QED) is 0.673. The summed E-state index contributed by atoms with van der Waals surface area (Å²) in [7, 11) is 1.61. The smallest absolute Gasteiger partial charge is 0.252 e. The largest absolute Gasteiger partial charge is 0.497 e. The summed E-state index contributed by atoms with van der Waals surface area (Å²) in [6.07, 6.45) is 1.60. The van der Waals surface area contributed by atoms with Crippen LogP contribution in [0.2, 0.25) is 0 Å². The zero-order valence-corrected chi connectivity index (χ0v) is 11.8. The van der Waals surface area contributed by atoms with Crippen molar-refractivity contribution in [2.75, 3.05) is 12.5 Å². The van der Waals surface area contributed by atoms with E-state index in [0.717, 1.165) is 11.3 Å². The molecule has 21 heavy (non-hydrogen) atoms. The van der Waals surface area contributed by atoms with E-state index in [0.29, 0.717) is 11.5 Å². The number of hydrogen-bond donors (Lipinski definition) is 1. The van der Waals surface area contributed by atoms with Crippen LogP contribution in [0.25, 0.3) is 5.57 Å². The third-order valence-corrected chi connectivity index (χ3v) is 2.59. The highest BCUT2D eigenvalue weighted by Gasteiger charge is 2.12. The number of ether oxygens (including phenoxy) is 1. The van der Waals surface area contributed by atoms with Crippen molar-refractivity contribution in [3.8, 4) is 11.8 Å². The molecular formula is C15H14N4O2. The van der Waals surface area contributed by atoms with Gasteiger partial charge in [0.25, 0.3) is 5.88 Å². The SMILES string of the molecule is C=C(C)c1nc(C#N)c(N/N=C\c2ccc(OC)cc2)o1. The molecule has 0 amide bonds. The molecule has 0 aliphatic carbocycles. The zero-order valence-electron chi connectivity index (χ0n) is 11.8. The molecule has 0 aliphatic rings. The third-order valence-electron chi connectivity index (χ3n) is 2.59. The van der Waals surface area contributed by atoms with Crippen LogP contribution in [0.15, 0.2) is 40.4 Å². The molecular weight excluding hydrogens is 268 g/mol. The number of aromatic nitrogens is 1. The fourth-order valence-electron chi connectivity index (χ4n) is 1.51. The van der Waals surface area contributed by atoms with Gasteiger partial charge < -0.3 is 9.15 Å². The molecule has 2 aromatic rings. The standard InChI is InChI=1S/C15H14N4O2/c1-10(2)14-18-13(8-16)15(21-14)19-17-9-11-4-6-12(20-3)7-5-11/h4-7,9,19H,1H2,2-3H3/b17-9-. The van der Waals surface area contributed by atoms with Gasteiger partial charge in [0.05, 0.1) is 13.3 Å². The number of nitrogens with one attached hydrogen (secondary N) is 1. The Labute approximate surface area is 122 Å². The first-order valence-corrected chi connectivity index (χ1v) is 6.14. The average molecular weight is 282 g/mol. The minimum absolute atomic E-state index is 0.139. The van der Waals surface area contributed by atoms with Crippen molar-refractivity contribution >= 4 is 17.7 Å². The van der Waals surface area contributed by atoms with E-state index < -0.39 is 0 Å². The molecule has 0 saturated heterocycles. The lowest BCUT2D eigenvalue weighted by Gasteiger charge is -1.99. The summed E-state index contributed by atoms with van der Waals surface area (Å²) in [5.41, 5.74) is 4.31. The molecule has 1 aromatic heterocycles. The Kier molecular flexibility index (Phi) is 4.36. The maximum atomic E-state index is 8.98. The van der Waals surface area contributed by atoms with E-state index in [1.165, 1.54) is 0 Å². The van der Waals surface area contributed by atoms with Gasteiger partial charge in [-0.25, -0.2) is 5.43 Å². The second-order valence-corrected chi connectivity index (χ2v) is 4.23. The molecule has 1 aromatic carbocycles. The van der Waals surface area contributed by atoms with Gasteiger partial charge in [-0.15, -0.1) is 0 Å². The molecule has 6 heteroatoms. The Morgan fingerprint density at radius 2 is 2.19 bits per heavy atom. The predicted molar refractivity (Wildman–Crippen MR) is 80.1 cm³/mol. The maximum absolute atomic E-state index is 8.98. The normalized spacial score (nSPS) is 10.3. The molecule has 0 bridgehead atoms. The number of methoxy groups -OCH3 is 1. The van der Waals surface area contributed by atoms with Crippen LogP contribution >= 0.6 is 0 Å². The highest BCUT2D eigenvalue weighted by atomic mass is 16.5. The van der Waals surface area contributed by atoms with Crippen LogP contribution in [0.4, 0.5) is 5.88 Å². The number of allylic oxidation sites excluding steroid dienone is 1. The Morgan fingerprint density at radius 3 is 2.76 bits per heavy atom. The number of benzene rings is 1. The summed E-state index contributed by atoms with van der Waals surface area (Å²) in [6, 6.07) is 9.31. The molecule has 2 rings (SSSR count). The minimum Gasteiger partial charge on any atom is -0.497 e. The van der Waals surface area contributed by atoms with Crippen LogP contribution in [-0.4, -0.2) is 18.3 Å². The number of oxazole rings is 1. The fraction of sp³-hybridized carbons (Fsp3) is 0.133. The summed E-state index contributed by atoms with van der Waals surface area (Å²) in [4.78, 5) is 4.00. The Morgan fingerprint density at radius 1 is 1.48 bits per heavy atom. The summed E-state index contributed by atoms with van der Waals surface area (Å²) in [5.74, 6) is 1.28. The van der Waals surface area contributed by atoms with E-state index in [4.69, 9.17) is 14.4 Å². The molecule has 1 N–H and O–H groups in total. The molecule has 0 radical (unpaired) electrons. The average Bonchev–Trinajstić information content (AvgIpc) is 2.91. The molecule has 0 fully saturated rings. The summed E-state index contributed by atoms with van der Waals surface area (Å²) in [5, 5.41) is 13.0. The number of nitriles is 1. The summed E-state index contributed by atoms with van der Waals surface area (Å²) < 4.78 is 10.4. The molecule has 0 saturated carbocycles. The van der Waals surface area contributed by atoms with Gasteiger partial charge in [-0.2, -0.15) is 15.3 Å². The van der Waals surface area contributed by atoms with Gasteiger partial charge in [0.15, 0.2) is 0 Å². The van der Waals surface area contributed by atoms with Crippen molar-refractivity contribution in [1.29, 1.82) is 5.26 Å². The van der Waals surface area contributed by atoms with Crippen molar-refractivity contribution < 1.29 is 9.15 Å². The van der Waals surface area contributed by atoms with Crippen molar-refractivity contribution in [3.63, 3.8) is 0 Å². The van der Waals surface area contributed by atoms with Gasteiger partial charge in [-0.3, -0.25) is 0 Å². The first-order chi connectivity index (χ1) is 10.1. The number of anilines is 1. The van der Waals surface area contributed by atoms with E-state index in [1.54, 1.807) is 20.2 Å². The van der Waals surface area contributed by atoms with Gasteiger partial charge in [-0.1, -0.05) is 6.58 Å². The molecule has 1 heterocycles. The van der Waals surface area contributed by atoms with E-state index in [-0.39, 0.29) is 11.6 Å². The van der Waals surface area contributed by atoms with Crippen LogP contribution in [0.5, 0.6) is 5.75 Å². The lowest BCUT2D eigenvalue weighted by atomic mass is 10.2. The molecule has 0 unspecified atom stereocenters. The molecule has 0 spiro atoms. The number of hydrogen-bond acceptors (Lipinski definition) is 6. The van der Waals surface area contributed by atoms with Crippen LogP contribution in [0, 0.1) is 11.3 Å². The summed E-state index contributed by atoms with van der Waals surface area (Å²) in [6.45, 7) is 5.46. The Hall–Kier alpha value is -3.07. The predicted octanol–water partition coefficient (Wildman–Crippen LogP) is 3.03. The topological polar surface area (TPSA) is 83.4 Å². The monoisotopic (exact) mass is 282 g/mol. The van der Waals surface area contributed by atoms with E-state index in [9.17, 15) is 0 Å². The Bertz CT molecular complexity index is 708. The Balaban J connectivity index is 2.10. The van der Waals surface area contributed by atoms with Crippen LogP contribution in [0.1, 0.15) is 24.1 Å². The van der Waals surface area contributed by atoms with Crippen LogP contribution < -0.4 is 10.2 Å². The molecule has 106 valence electrons. The molecule has 6 nitrogen and oxygen atoms in total. The summed E-state index contributed by atoms with van der Waals surface area (Å²) >= 11 is 0. The van der Waals surface area contributed by atoms with E-state index in [2.05, 4.69) is 22.1 Å². The fourth-order valence-corrected chi connectivity index (χ4v) is 1.51. The van der Waals surface area contributed by atoms with Gasteiger partial charge in [0.1, 0.15) is 11.8 Å². The first kappa shape index (κ1) is 14.3. The van der Waals surface area contributed by atoms with Crippen molar-refractivity contribution in [2.45, 2.75) is 6.92 Å².